The molecule has 0 radical (unpaired) electrons. The Kier molecular flexibility index (Phi) is 9.95. The van der Waals surface area contributed by atoms with E-state index in [0.29, 0.717) is 33.5 Å². The van der Waals surface area contributed by atoms with Crippen molar-refractivity contribution < 1.29 is 14.0 Å². The first kappa shape index (κ1) is 24.5. The Bertz CT molecular complexity index is 882. The largest absolute Gasteiger partial charge is 0.354 e. The van der Waals surface area contributed by atoms with Gasteiger partial charge in [-0.2, -0.15) is 0 Å². The Hall–Kier alpha value is -1.76. The summed E-state index contributed by atoms with van der Waals surface area (Å²) >= 11 is 13.5. The maximum Gasteiger partial charge on any atom is 0.242 e. The summed E-state index contributed by atoms with van der Waals surface area (Å²) in [4.78, 5) is 27.0. The first-order chi connectivity index (χ1) is 14.3. The summed E-state index contributed by atoms with van der Waals surface area (Å²) < 4.78 is 13.8. The van der Waals surface area contributed by atoms with Crippen molar-refractivity contribution in [2.75, 3.05) is 12.3 Å². The van der Waals surface area contributed by atoms with E-state index in [2.05, 4.69) is 5.32 Å². The zero-order valence-electron chi connectivity index (χ0n) is 17.0. The molecule has 0 heterocycles. The molecule has 2 rings (SSSR count). The third-order valence-corrected chi connectivity index (χ3v) is 6.07. The van der Waals surface area contributed by atoms with E-state index >= 15 is 0 Å². The summed E-state index contributed by atoms with van der Waals surface area (Å²) in [7, 11) is 0. The molecule has 1 N–H and O–H groups in total. The minimum atomic E-state index is -0.676. The molecule has 4 nitrogen and oxygen atoms in total. The molecule has 1 atom stereocenters. The van der Waals surface area contributed by atoms with Gasteiger partial charge < -0.3 is 10.2 Å². The minimum absolute atomic E-state index is 0.116. The highest BCUT2D eigenvalue weighted by molar-refractivity contribution is 7.99. The molecule has 0 aliphatic heterocycles. The number of amides is 2. The zero-order chi connectivity index (χ0) is 22.1. The van der Waals surface area contributed by atoms with Gasteiger partial charge in [-0.1, -0.05) is 54.4 Å². The smallest absolute Gasteiger partial charge is 0.242 e. The second-order valence-corrected chi connectivity index (χ2v) is 8.64. The van der Waals surface area contributed by atoms with E-state index in [1.54, 1.807) is 43.3 Å². The van der Waals surface area contributed by atoms with Crippen molar-refractivity contribution in [2.24, 2.45) is 0 Å². The molecule has 30 heavy (non-hydrogen) atoms. The van der Waals surface area contributed by atoms with Crippen LogP contribution in [0.5, 0.6) is 0 Å². The SMILES string of the molecule is CCCNC(=O)[C@H](C)N(Cc1ccc(Cl)cc1Cl)C(=O)CSCc1ccccc1F. The molecule has 0 saturated carbocycles. The predicted molar refractivity (Wildman–Crippen MR) is 122 cm³/mol. The highest BCUT2D eigenvalue weighted by atomic mass is 35.5. The third kappa shape index (κ3) is 7.18. The third-order valence-electron chi connectivity index (χ3n) is 4.51. The molecule has 162 valence electrons. The van der Waals surface area contributed by atoms with Gasteiger partial charge >= 0.3 is 0 Å². The number of hydrogen-bond donors (Lipinski definition) is 1. The maximum atomic E-state index is 13.8. The lowest BCUT2D eigenvalue weighted by molar-refractivity contribution is -0.138. The molecule has 2 amide bonds. The van der Waals surface area contributed by atoms with Crippen molar-refractivity contribution in [2.45, 2.75) is 38.6 Å². The number of rotatable bonds is 10. The Morgan fingerprint density at radius 1 is 1.17 bits per heavy atom. The molecule has 0 aliphatic carbocycles. The monoisotopic (exact) mass is 470 g/mol. The molecular weight excluding hydrogens is 446 g/mol. The lowest BCUT2D eigenvalue weighted by Gasteiger charge is -2.29. The topological polar surface area (TPSA) is 49.4 Å². The molecule has 0 bridgehead atoms. The van der Waals surface area contributed by atoms with Crippen LogP contribution in [0, 0.1) is 5.82 Å². The Morgan fingerprint density at radius 3 is 2.57 bits per heavy atom. The number of nitrogens with zero attached hydrogens (tertiary/aromatic N) is 1. The Morgan fingerprint density at radius 2 is 1.90 bits per heavy atom. The van der Waals surface area contributed by atoms with Gasteiger partial charge in [0.05, 0.1) is 5.75 Å². The van der Waals surface area contributed by atoms with E-state index in [-0.39, 0.29) is 29.9 Å². The molecule has 0 saturated heterocycles. The van der Waals surface area contributed by atoms with Gasteiger partial charge in [0, 0.05) is 28.9 Å². The second kappa shape index (κ2) is 12.2. The molecule has 2 aromatic carbocycles. The average molecular weight is 471 g/mol. The predicted octanol–water partition coefficient (Wildman–Crippen LogP) is 5.31. The summed E-state index contributed by atoms with van der Waals surface area (Å²) in [5, 5.41) is 3.75. The van der Waals surface area contributed by atoms with E-state index in [1.807, 2.05) is 6.92 Å². The highest BCUT2D eigenvalue weighted by Crippen LogP contribution is 2.24. The van der Waals surface area contributed by atoms with E-state index in [1.165, 1.54) is 22.7 Å². The van der Waals surface area contributed by atoms with E-state index < -0.39 is 6.04 Å². The van der Waals surface area contributed by atoms with Gasteiger partial charge in [-0.05, 0) is 42.7 Å². The van der Waals surface area contributed by atoms with Gasteiger partial charge in [0.25, 0.3) is 0 Å². The minimum Gasteiger partial charge on any atom is -0.354 e. The molecule has 8 heteroatoms. The molecule has 0 aromatic heterocycles. The molecule has 0 fully saturated rings. The maximum absolute atomic E-state index is 13.8. The number of halogens is 3. The second-order valence-electron chi connectivity index (χ2n) is 6.81. The van der Waals surface area contributed by atoms with Crippen LogP contribution in [-0.4, -0.2) is 35.1 Å². The lowest BCUT2D eigenvalue weighted by Crippen LogP contribution is -2.48. The summed E-state index contributed by atoms with van der Waals surface area (Å²) in [6, 6.07) is 10.8. The van der Waals surface area contributed by atoms with Crippen molar-refractivity contribution in [3.05, 3.63) is 69.5 Å². The number of carbonyl (C=O) groups excluding carboxylic acids is 2. The summed E-state index contributed by atoms with van der Waals surface area (Å²) in [6.07, 6.45) is 0.800. The van der Waals surface area contributed by atoms with Crippen LogP contribution in [0.3, 0.4) is 0 Å². The molecule has 0 unspecified atom stereocenters. The van der Waals surface area contributed by atoms with Crippen molar-refractivity contribution in [3.63, 3.8) is 0 Å². The first-order valence-corrected chi connectivity index (χ1v) is 11.6. The standard InChI is InChI=1S/C22H25Cl2FN2O2S/c1-3-10-26-22(29)15(2)27(12-16-8-9-18(23)11-19(16)24)21(28)14-30-13-17-6-4-5-7-20(17)25/h4-9,11,15H,3,10,12-14H2,1-2H3,(H,26,29)/t15-/m0/s1. The molecule has 0 aliphatic rings. The molecular formula is C22H25Cl2FN2O2S. The highest BCUT2D eigenvalue weighted by Gasteiger charge is 2.26. The fourth-order valence-corrected chi connectivity index (χ4v) is 4.12. The van der Waals surface area contributed by atoms with Crippen molar-refractivity contribution in [3.8, 4) is 0 Å². The number of thioether (sulfide) groups is 1. The van der Waals surface area contributed by atoms with Crippen molar-refractivity contribution in [1.29, 1.82) is 0 Å². The van der Waals surface area contributed by atoms with Gasteiger partial charge in [0.1, 0.15) is 11.9 Å². The van der Waals surface area contributed by atoms with Crippen LogP contribution < -0.4 is 5.32 Å². The van der Waals surface area contributed by atoms with Gasteiger partial charge in [0.2, 0.25) is 11.8 Å². The first-order valence-electron chi connectivity index (χ1n) is 9.65. The van der Waals surface area contributed by atoms with E-state index in [4.69, 9.17) is 23.2 Å². The van der Waals surface area contributed by atoms with E-state index in [9.17, 15) is 14.0 Å². The number of nitrogens with one attached hydrogen (secondary N) is 1. The fraction of sp³-hybridized carbons (Fsp3) is 0.364. The van der Waals surface area contributed by atoms with Crippen LogP contribution in [0.2, 0.25) is 10.0 Å². The Balaban J connectivity index is 2.11. The van der Waals surface area contributed by atoms with Crippen molar-refractivity contribution >= 4 is 46.8 Å². The van der Waals surface area contributed by atoms with Crippen LogP contribution >= 0.6 is 35.0 Å². The van der Waals surface area contributed by atoms with E-state index in [0.717, 1.165) is 6.42 Å². The summed E-state index contributed by atoms with van der Waals surface area (Å²) in [6.45, 7) is 4.36. The van der Waals surface area contributed by atoms with Crippen molar-refractivity contribution in [1.82, 2.24) is 10.2 Å². The zero-order valence-corrected chi connectivity index (χ0v) is 19.3. The van der Waals surface area contributed by atoms with Crippen LogP contribution in [-0.2, 0) is 21.9 Å². The van der Waals surface area contributed by atoms with Gasteiger partial charge in [0.15, 0.2) is 0 Å². The lowest BCUT2D eigenvalue weighted by atomic mass is 10.1. The Labute approximate surface area is 191 Å². The number of hydrogen-bond acceptors (Lipinski definition) is 3. The number of carbonyl (C=O) groups is 2. The van der Waals surface area contributed by atoms with Crippen LogP contribution in [0.4, 0.5) is 4.39 Å². The average Bonchev–Trinajstić information content (AvgIpc) is 2.72. The van der Waals surface area contributed by atoms with Gasteiger partial charge in [-0.25, -0.2) is 4.39 Å². The summed E-state index contributed by atoms with van der Waals surface area (Å²) in [5.74, 6) is -0.263. The van der Waals surface area contributed by atoms with Crippen LogP contribution in [0.25, 0.3) is 0 Å². The normalized spacial score (nSPS) is 11.8. The van der Waals surface area contributed by atoms with Crippen LogP contribution in [0.1, 0.15) is 31.4 Å². The van der Waals surface area contributed by atoms with Gasteiger partial charge in [-0.15, -0.1) is 11.8 Å². The quantitative estimate of drug-likeness (QED) is 0.511. The van der Waals surface area contributed by atoms with Crippen LogP contribution in [0.15, 0.2) is 42.5 Å². The number of benzene rings is 2. The molecule has 2 aromatic rings. The summed E-state index contributed by atoms with van der Waals surface area (Å²) in [5.41, 5.74) is 1.24. The fourth-order valence-electron chi connectivity index (χ4n) is 2.76. The van der Waals surface area contributed by atoms with Gasteiger partial charge in [-0.3, -0.25) is 9.59 Å². The molecule has 0 spiro atoms.